The van der Waals surface area contributed by atoms with Crippen LogP contribution in [0.4, 0.5) is 5.69 Å². The molecule has 0 unspecified atom stereocenters. The van der Waals surface area contributed by atoms with Gasteiger partial charge in [-0.25, -0.2) is 0 Å². The summed E-state index contributed by atoms with van der Waals surface area (Å²) in [6, 6.07) is 9.57. The highest BCUT2D eigenvalue weighted by molar-refractivity contribution is 5.55. The summed E-state index contributed by atoms with van der Waals surface area (Å²) < 4.78 is 15.8. The molecule has 0 saturated heterocycles. The summed E-state index contributed by atoms with van der Waals surface area (Å²) in [7, 11) is 0. The molecular formula is C12H11NO3. The number of hydrogen-bond acceptors (Lipinski definition) is 4. The fourth-order valence-corrected chi connectivity index (χ4v) is 1.61. The van der Waals surface area contributed by atoms with E-state index in [0.717, 1.165) is 22.9 Å². The molecule has 1 aromatic heterocycles. The van der Waals surface area contributed by atoms with Crippen LogP contribution in [0, 0.1) is 0 Å². The number of benzene rings is 1. The Morgan fingerprint density at radius 2 is 2.06 bits per heavy atom. The molecule has 3 rings (SSSR count). The zero-order valence-electron chi connectivity index (χ0n) is 8.60. The fourth-order valence-electron chi connectivity index (χ4n) is 1.61. The van der Waals surface area contributed by atoms with E-state index in [4.69, 9.17) is 13.9 Å². The van der Waals surface area contributed by atoms with Gasteiger partial charge in [-0.2, -0.15) is 0 Å². The predicted molar refractivity (Wildman–Crippen MR) is 58.6 cm³/mol. The summed E-state index contributed by atoms with van der Waals surface area (Å²) >= 11 is 0. The molecule has 4 nitrogen and oxygen atoms in total. The van der Waals surface area contributed by atoms with E-state index in [2.05, 4.69) is 5.32 Å². The maximum Gasteiger partial charge on any atom is 0.231 e. The Bertz CT molecular complexity index is 479. The van der Waals surface area contributed by atoms with Crippen molar-refractivity contribution in [3.63, 3.8) is 0 Å². The van der Waals surface area contributed by atoms with Gasteiger partial charge >= 0.3 is 0 Å². The molecule has 16 heavy (non-hydrogen) atoms. The Labute approximate surface area is 92.8 Å². The van der Waals surface area contributed by atoms with E-state index in [1.54, 1.807) is 6.26 Å². The van der Waals surface area contributed by atoms with Crippen molar-refractivity contribution in [3.05, 3.63) is 42.4 Å². The van der Waals surface area contributed by atoms with Crippen molar-refractivity contribution in [3.8, 4) is 11.5 Å². The van der Waals surface area contributed by atoms with Crippen LogP contribution in [0.5, 0.6) is 11.5 Å². The zero-order valence-corrected chi connectivity index (χ0v) is 8.60. The number of fused-ring (bicyclic) bond motifs is 1. The largest absolute Gasteiger partial charge is 0.467 e. The lowest BCUT2D eigenvalue weighted by atomic mass is 10.2. The SMILES string of the molecule is c1coc(CNc2ccc3c(c2)OCO3)c1. The zero-order chi connectivity index (χ0) is 10.8. The highest BCUT2D eigenvalue weighted by Crippen LogP contribution is 2.34. The molecule has 0 bridgehead atoms. The minimum Gasteiger partial charge on any atom is -0.467 e. The molecule has 2 aromatic rings. The van der Waals surface area contributed by atoms with Gasteiger partial charge in [0.1, 0.15) is 5.76 Å². The molecule has 0 atom stereocenters. The average molecular weight is 217 g/mol. The third-order valence-electron chi connectivity index (χ3n) is 2.42. The first-order valence-corrected chi connectivity index (χ1v) is 5.08. The van der Waals surface area contributed by atoms with E-state index in [-0.39, 0.29) is 0 Å². The van der Waals surface area contributed by atoms with Crippen LogP contribution in [0.15, 0.2) is 41.0 Å². The van der Waals surface area contributed by atoms with Gasteiger partial charge in [0.25, 0.3) is 0 Å². The third kappa shape index (κ3) is 1.69. The number of furan rings is 1. The minimum absolute atomic E-state index is 0.303. The summed E-state index contributed by atoms with van der Waals surface area (Å²) in [6.07, 6.45) is 1.66. The first-order valence-electron chi connectivity index (χ1n) is 5.08. The Morgan fingerprint density at radius 3 is 2.94 bits per heavy atom. The van der Waals surface area contributed by atoms with E-state index < -0.39 is 0 Å². The molecule has 0 spiro atoms. The van der Waals surface area contributed by atoms with Crippen molar-refractivity contribution in [1.82, 2.24) is 0 Å². The van der Waals surface area contributed by atoms with Crippen molar-refractivity contribution >= 4 is 5.69 Å². The Morgan fingerprint density at radius 1 is 1.12 bits per heavy atom. The monoisotopic (exact) mass is 217 g/mol. The van der Waals surface area contributed by atoms with Crippen molar-refractivity contribution in [2.75, 3.05) is 12.1 Å². The smallest absolute Gasteiger partial charge is 0.231 e. The van der Waals surface area contributed by atoms with Gasteiger partial charge < -0.3 is 19.2 Å². The molecule has 0 radical (unpaired) electrons. The van der Waals surface area contributed by atoms with Crippen LogP contribution in [-0.4, -0.2) is 6.79 Å². The number of ether oxygens (including phenoxy) is 2. The van der Waals surface area contributed by atoms with E-state index in [1.807, 2.05) is 30.3 Å². The maximum atomic E-state index is 5.29. The Kier molecular flexibility index (Phi) is 2.18. The molecule has 0 amide bonds. The fraction of sp³-hybridized carbons (Fsp3) is 0.167. The average Bonchev–Trinajstić information content (AvgIpc) is 2.97. The molecule has 2 heterocycles. The molecule has 1 aliphatic heterocycles. The van der Waals surface area contributed by atoms with Gasteiger partial charge in [-0.3, -0.25) is 0 Å². The lowest BCUT2D eigenvalue weighted by Crippen LogP contribution is -1.97. The summed E-state index contributed by atoms with van der Waals surface area (Å²) in [6.45, 7) is 0.962. The summed E-state index contributed by atoms with van der Waals surface area (Å²) in [5, 5.41) is 3.25. The molecular weight excluding hydrogens is 206 g/mol. The summed E-state index contributed by atoms with van der Waals surface area (Å²) in [5.41, 5.74) is 0.987. The van der Waals surface area contributed by atoms with Crippen LogP contribution in [0.25, 0.3) is 0 Å². The second-order valence-electron chi connectivity index (χ2n) is 3.50. The van der Waals surface area contributed by atoms with Gasteiger partial charge in [0.2, 0.25) is 6.79 Å². The van der Waals surface area contributed by atoms with Crippen LogP contribution in [-0.2, 0) is 6.54 Å². The first-order chi connectivity index (χ1) is 7.92. The van der Waals surface area contributed by atoms with Gasteiger partial charge in [0, 0.05) is 11.8 Å². The molecule has 1 aromatic carbocycles. The van der Waals surface area contributed by atoms with E-state index in [9.17, 15) is 0 Å². The van der Waals surface area contributed by atoms with Crippen LogP contribution in [0.2, 0.25) is 0 Å². The third-order valence-corrected chi connectivity index (χ3v) is 2.42. The second kappa shape index (κ2) is 3.81. The van der Waals surface area contributed by atoms with Gasteiger partial charge in [-0.1, -0.05) is 0 Å². The number of nitrogens with one attached hydrogen (secondary N) is 1. The van der Waals surface area contributed by atoms with E-state index in [1.165, 1.54) is 0 Å². The van der Waals surface area contributed by atoms with E-state index in [0.29, 0.717) is 13.3 Å². The molecule has 4 heteroatoms. The second-order valence-corrected chi connectivity index (χ2v) is 3.50. The topological polar surface area (TPSA) is 43.6 Å². The van der Waals surface area contributed by atoms with E-state index >= 15 is 0 Å². The van der Waals surface area contributed by atoms with Gasteiger partial charge in [-0.05, 0) is 24.3 Å². The number of rotatable bonds is 3. The Hall–Kier alpha value is -2.10. The normalized spacial score (nSPS) is 12.8. The molecule has 0 aliphatic carbocycles. The lowest BCUT2D eigenvalue weighted by molar-refractivity contribution is 0.174. The Balaban J connectivity index is 1.71. The first kappa shape index (κ1) is 9.15. The quantitative estimate of drug-likeness (QED) is 0.858. The highest BCUT2D eigenvalue weighted by Gasteiger charge is 2.12. The van der Waals surface area contributed by atoms with Crippen LogP contribution in [0.1, 0.15) is 5.76 Å². The van der Waals surface area contributed by atoms with Crippen LogP contribution in [0.3, 0.4) is 0 Å². The van der Waals surface area contributed by atoms with Crippen LogP contribution < -0.4 is 14.8 Å². The molecule has 0 saturated carbocycles. The maximum absolute atomic E-state index is 5.29. The van der Waals surface area contributed by atoms with Crippen LogP contribution >= 0.6 is 0 Å². The van der Waals surface area contributed by atoms with Gasteiger partial charge in [0.15, 0.2) is 11.5 Å². The number of anilines is 1. The standard InChI is InChI=1S/C12H11NO3/c1-2-10(14-5-1)7-13-9-3-4-11-12(6-9)16-8-15-11/h1-6,13H,7-8H2. The molecule has 0 fully saturated rings. The molecule has 1 N–H and O–H groups in total. The minimum atomic E-state index is 0.303. The lowest BCUT2D eigenvalue weighted by Gasteiger charge is -2.05. The van der Waals surface area contributed by atoms with Crippen molar-refractivity contribution in [2.24, 2.45) is 0 Å². The summed E-state index contributed by atoms with van der Waals surface area (Å²) in [5.74, 6) is 2.48. The van der Waals surface area contributed by atoms with Crippen molar-refractivity contribution < 1.29 is 13.9 Å². The van der Waals surface area contributed by atoms with Gasteiger partial charge in [0.05, 0.1) is 12.8 Å². The van der Waals surface area contributed by atoms with Crippen molar-refractivity contribution in [1.29, 1.82) is 0 Å². The molecule has 82 valence electrons. The number of hydrogen-bond donors (Lipinski definition) is 1. The van der Waals surface area contributed by atoms with Crippen molar-refractivity contribution in [2.45, 2.75) is 6.54 Å². The summed E-state index contributed by atoms with van der Waals surface area (Å²) in [4.78, 5) is 0. The highest BCUT2D eigenvalue weighted by atomic mass is 16.7. The predicted octanol–water partition coefficient (Wildman–Crippen LogP) is 2.62. The van der Waals surface area contributed by atoms with Gasteiger partial charge in [-0.15, -0.1) is 0 Å². The molecule has 1 aliphatic rings.